The first-order chi connectivity index (χ1) is 10.0. The van der Waals surface area contributed by atoms with Gasteiger partial charge in [0.25, 0.3) is 0 Å². The molecule has 0 saturated heterocycles. The minimum atomic E-state index is -3.50. The summed E-state index contributed by atoms with van der Waals surface area (Å²) in [5, 5.41) is 1.97. The summed E-state index contributed by atoms with van der Waals surface area (Å²) in [6, 6.07) is 10.8. The molecule has 1 N–H and O–H groups in total. The highest BCUT2D eigenvalue weighted by molar-refractivity contribution is 9.11. The van der Waals surface area contributed by atoms with Crippen LogP contribution in [0.5, 0.6) is 0 Å². The summed E-state index contributed by atoms with van der Waals surface area (Å²) < 4.78 is 33.4. The van der Waals surface area contributed by atoms with Crippen LogP contribution in [-0.4, -0.2) is 8.42 Å². The van der Waals surface area contributed by atoms with Crippen molar-refractivity contribution in [3.63, 3.8) is 0 Å². The standard InChI is InChI=1S/C13H10BrNO3S3/c14-12-5-6-13(20-12)21(16,17)15-8-9-3-4-10(18-9)11-2-1-7-19-11/h1-7,15H,8H2. The van der Waals surface area contributed by atoms with Gasteiger partial charge in [0.05, 0.1) is 15.2 Å². The van der Waals surface area contributed by atoms with Gasteiger partial charge in [0.15, 0.2) is 0 Å². The lowest BCUT2D eigenvalue weighted by atomic mass is 10.3. The summed E-state index contributed by atoms with van der Waals surface area (Å²) in [7, 11) is -3.50. The van der Waals surface area contributed by atoms with E-state index in [-0.39, 0.29) is 10.8 Å². The molecule has 0 aliphatic rings. The quantitative estimate of drug-likeness (QED) is 0.690. The number of sulfonamides is 1. The zero-order chi connectivity index (χ0) is 14.9. The Morgan fingerprint density at radius 3 is 2.71 bits per heavy atom. The molecule has 3 rings (SSSR count). The molecule has 0 aromatic carbocycles. The van der Waals surface area contributed by atoms with E-state index >= 15 is 0 Å². The molecule has 8 heteroatoms. The lowest BCUT2D eigenvalue weighted by Crippen LogP contribution is -2.22. The van der Waals surface area contributed by atoms with Crippen molar-refractivity contribution in [3.8, 4) is 10.6 Å². The normalized spacial score (nSPS) is 11.9. The fraction of sp³-hybridized carbons (Fsp3) is 0.0769. The summed E-state index contributed by atoms with van der Waals surface area (Å²) in [5.41, 5.74) is 0. The van der Waals surface area contributed by atoms with E-state index in [4.69, 9.17) is 4.42 Å². The van der Waals surface area contributed by atoms with Crippen LogP contribution in [0, 0.1) is 0 Å². The Morgan fingerprint density at radius 2 is 2.05 bits per heavy atom. The number of nitrogens with one attached hydrogen (secondary N) is 1. The fourth-order valence-electron chi connectivity index (χ4n) is 1.70. The molecule has 3 heterocycles. The second-order valence-electron chi connectivity index (χ2n) is 4.13. The summed E-state index contributed by atoms with van der Waals surface area (Å²) in [6.07, 6.45) is 0. The molecule has 0 unspecified atom stereocenters. The number of rotatable bonds is 5. The van der Waals surface area contributed by atoms with Crippen LogP contribution < -0.4 is 4.72 Å². The third-order valence-corrected chi connectivity index (χ3v) is 7.08. The SMILES string of the molecule is O=S(=O)(NCc1ccc(-c2cccs2)o1)c1ccc(Br)s1. The average molecular weight is 404 g/mol. The van der Waals surface area contributed by atoms with Crippen LogP contribution >= 0.6 is 38.6 Å². The van der Waals surface area contributed by atoms with Crippen molar-refractivity contribution in [2.75, 3.05) is 0 Å². The molecule has 0 fully saturated rings. The van der Waals surface area contributed by atoms with E-state index in [1.807, 2.05) is 23.6 Å². The largest absolute Gasteiger partial charge is 0.459 e. The second-order valence-corrected chi connectivity index (χ2v) is 9.53. The Hall–Kier alpha value is -0.930. The van der Waals surface area contributed by atoms with Gasteiger partial charge in [0.1, 0.15) is 15.7 Å². The third kappa shape index (κ3) is 3.46. The maximum Gasteiger partial charge on any atom is 0.250 e. The third-order valence-electron chi connectivity index (χ3n) is 2.68. The Bertz CT molecular complexity index is 834. The number of hydrogen-bond acceptors (Lipinski definition) is 5. The van der Waals surface area contributed by atoms with Gasteiger partial charge in [0.2, 0.25) is 10.0 Å². The smallest absolute Gasteiger partial charge is 0.250 e. The molecule has 0 atom stereocenters. The summed E-state index contributed by atoms with van der Waals surface area (Å²) in [5.74, 6) is 1.33. The van der Waals surface area contributed by atoms with E-state index in [2.05, 4.69) is 20.7 Å². The van der Waals surface area contributed by atoms with Crippen LogP contribution in [0.3, 0.4) is 0 Å². The molecule has 0 saturated carbocycles. The highest BCUT2D eigenvalue weighted by atomic mass is 79.9. The zero-order valence-electron chi connectivity index (χ0n) is 10.6. The van der Waals surface area contributed by atoms with E-state index in [1.54, 1.807) is 29.5 Å². The molecule has 0 aliphatic heterocycles. The van der Waals surface area contributed by atoms with Crippen molar-refractivity contribution in [1.29, 1.82) is 0 Å². The van der Waals surface area contributed by atoms with E-state index in [1.165, 1.54) is 11.3 Å². The molecule has 0 spiro atoms. The second kappa shape index (κ2) is 6.05. The topological polar surface area (TPSA) is 59.3 Å². The van der Waals surface area contributed by atoms with Gasteiger partial charge in [-0.25, -0.2) is 13.1 Å². The minimum absolute atomic E-state index is 0.128. The molecular weight excluding hydrogens is 394 g/mol. The first-order valence-electron chi connectivity index (χ1n) is 5.92. The number of thiophene rings is 2. The molecule has 4 nitrogen and oxygen atoms in total. The van der Waals surface area contributed by atoms with Crippen molar-refractivity contribution in [3.05, 3.63) is 51.3 Å². The highest BCUT2D eigenvalue weighted by Crippen LogP contribution is 2.28. The van der Waals surface area contributed by atoms with Gasteiger partial charge in [-0.2, -0.15) is 0 Å². The predicted octanol–water partition coefficient (Wildman–Crippen LogP) is 4.31. The Morgan fingerprint density at radius 1 is 1.19 bits per heavy atom. The molecule has 110 valence electrons. The molecule has 3 aromatic heterocycles. The van der Waals surface area contributed by atoms with Crippen molar-refractivity contribution in [2.45, 2.75) is 10.8 Å². The molecule has 21 heavy (non-hydrogen) atoms. The van der Waals surface area contributed by atoms with Gasteiger partial charge in [-0.05, 0) is 51.6 Å². The van der Waals surface area contributed by atoms with Crippen LogP contribution in [0.15, 0.2) is 54.2 Å². The molecular formula is C13H10BrNO3S3. The van der Waals surface area contributed by atoms with Gasteiger partial charge < -0.3 is 4.42 Å². The van der Waals surface area contributed by atoms with E-state index in [0.717, 1.165) is 14.4 Å². The van der Waals surface area contributed by atoms with Gasteiger partial charge in [-0.15, -0.1) is 22.7 Å². The van der Waals surface area contributed by atoms with Crippen molar-refractivity contribution >= 4 is 48.6 Å². The van der Waals surface area contributed by atoms with Gasteiger partial charge >= 0.3 is 0 Å². The molecule has 3 aromatic rings. The van der Waals surface area contributed by atoms with E-state index < -0.39 is 10.0 Å². The number of hydrogen-bond donors (Lipinski definition) is 1. The lowest BCUT2D eigenvalue weighted by molar-refractivity contribution is 0.511. The van der Waals surface area contributed by atoms with Crippen LogP contribution in [-0.2, 0) is 16.6 Å². The maximum atomic E-state index is 12.1. The predicted molar refractivity (Wildman–Crippen MR) is 88.1 cm³/mol. The molecule has 0 aliphatic carbocycles. The minimum Gasteiger partial charge on any atom is -0.459 e. The van der Waals surface area contributed by atoms with Gasteiger partial charge in [-0.3, -0.25) is 0 Å². The zero-order valence-corrected chi connectivity index (χ0v) is 14.6. The first-order valence-corrected chi connectivity index (χ1v) is 9.89. The summed E-state index contributed by atoms with van der Waals surface area (Å²) in [6.45, 7) is 0.128. The van der Waals surface area contributed by atoms with Crippen LogP contribution in [0.1, 0.15) is 5.76 Å². The first kappa shape index (κ1) is 15.0. The Balaban J connectivity index is 1.71. The van der Waals surface area contributed by atoms with E-state index in [9.17, 15) is 8.42 Å². The van der Waals surface area contributed by atoms with Crippen LogP contribution in [0.4, 0.5) is 0 Å². The van der Waals surface area contributed by atoms with Crippen LogP contribution in [0.2, 0.25) is 0 Å². The van der Waals surface area contributed by atoms with Crippen molar-refractivity contribution in [2.24, 2.45) is 0 Å². The number of furan rings is 1. The van der Waals surface area contributed by atoms with Crippen LogP contribution in [0.25, 0.3) is 10.6 Å². The van der Waals surface area contributed by atoms with Gasteiger partial charge in [0, 0.05) is 0 Å². The number of halogens is 1. The Labute approximate surface area is 138 Å². The highest BCUT2D eigenvalue weighted by Gasteiger charge is 2.17. The lowest BCUT2D eigenvalue weighted by Gasteiger charge is -2.02. The monoisotopic (exact) mass is 403 g/mol. The summed E-state index contributed by atoms with van der Waals surface area (Å²) >= 11 is 6.00. The summed E-state index contributed by atoms with van der Waals surface area (Å²) in [4.78, 5) is 1.02. The average Bonchev–Trinajstić information content (AvgIpc) is 3.17. The fourth-order valence-corrected chi connectivity index (χ4v) is 5.44. The Kier molecular flexibility index (Phi) is 4.32. The van der Waals surface area contributed by atoms with Gasteiger partial charge in [-0.1, -0.05) is 6.07 Å². The maximum absolute atomic E-state index is 12.1. The van der Waals surface area contributed by atoms with Crippen molar-refractivity contribution < 1.29 is 12.8 Å². The molecule has 0 radical (unpaired) electrons. The molecule has 0 amide bonds. The van der Waals surface area contributed by atoms with Crippen molar-refractivity contribution in [1.82, 2.24) is 4.72 Å². The van der Waals surface area contributed by atoms with E-state index in [0.29, 0.717) is 5.76 Å². The molecule has 0 bridgehead atoms.